The van der Waals surface area contributed by atoms with Gasteiger partial charge in [-0.1, -0.05) is 29.8 Å². The first-order chi connectivity index (χ1) is 19.6. The zero-order valence-electron chi connectivity index (χ0n) is 22.2. The van der Waals surface area contributed by atoms with Crippen molar-refractivity contribution in [2.75, 3.05) is 26.2 Å². The van der Waals surface area contributed by atoms with Gasteiger partial charge in [0.25, 0.3) is 0 Å². The largest absolute Gasteiger partial charge is 0.492 e. The molecule has 214 valence electrons. The summed E-state index contributed by atoms with van der Waals surface area (Å²) >= 11 is 6.31. The van der Waals surface area contributed by atoms with E-state index < -0.39 is 23.3 Å². The molecule has 1 fully saturated rings. The maximum absolute atomic E-state index is 13.3. The van der Waals surface area contributed by atoms with Crippen LogP contribution < -0.4 is 15.1 Å². The molecule has 1 aliphatic rings. The minimum Gasteiger partial charge on any atom is -0.492 e. The topological polar surface area (TPSA) is 69.0 Å². The third-order valence-electron chi connectivity index (χ3n) is 6.99. The zero-order valence-corrected chi connectivity index (χ0v) is 23.0. The van der Waals surface area contributed by atoms with Crippen LogP contribution in [0.1, 0.15) is 36.5 Å². The van der Waals surface area contributed by atoms with Crippen molar-refractivity contribution in [3.05, 3.63) is 92.8 Å². The molecule has 0 bridgehead atoms. The molecule has 4 aromatic rings. The van der Waals surface area contributed by atoms with Crippen molar-refractivity contribution in [3.63, 3.8) is 0 Å². The molecule has 10 heteroatoms. The molecule has 1 saturated heterocycles. The van der Waals surface area contributed by atoms with Gasteiger partial charge in [0.2, 0.25) is 0 Å². The molecule has 0 aliphatic carbocycles. The van der Waals surface area contributed by atoms with Crippen LogP contribution >= 0.6 is 11.6 Å². The van der Waals surface area contributed by atoms with Crippen LogP contribution in [0, 0.1) is 0 Å². The van der Waals surface area contributed by atoms with Crippen LogP contribution in [-0.2, 0) is 17.4 Å². The number of benzene rings is 3. The van der Waals surface area contributed by atoms with Gasteiger partial charge in [0.05, 0.1) is 11.1 Å². The number of rotatable bonds is 8. The summed E-state index contributed by atoms with van der Waals surface area (Å²) in [5.74, 6) is 0.361. The minimum absolute atomic E-state index is 0.0578. The quantitative estimate of drug-likeness (QED) is 0.125. The molecule has 0 saturated carbocycles. The highest BCUT2D eigenvalue weighted by Gasteiger charge is 2.31. The number of carbonyl (C=O) groups excluding carboxylic acids is 1. The van der Waals surface area contributed by atoms with Gasteiger partial charge in [0.1, 0.15) is 23.7 Å². The second kappa shape index (κ2) is 12.0. The highest BCUT2D eigenvalue weighted by Crippen LogP contribution is 2.38. The molecule has 0 amide bonds. The van der Waals surface area contributed by atoms with Crippen LogP contribution in [0.5, 0.6) is 11.5 Å². The summed E-state index contributed by atoms with van der Waals surface area (Å²) in [7, 11) is 0. The molecule has 41 heavy (non-hydrogen) atoms. The average molecular weight is 586 g/mol. The SMILES string of the molecule is CC(=O)Oc1ccc2c(Cc3ccc(OCCN4CCCC4)cc3)c(-c3ccc(C(F)(F)F)cc3Cl)c(=O)oc2c1. The van der Waals surface area contributed by atoms with E-state index in [9.17, 15) is 22.8 Å². The molecular formula is C31H27ClF3NO5. The van der Waals surface area contributed by atoms with E-state index in [0.717, 1.165) is 37.3 Å². The first-order valence-corrected chi connectivity index (χ1v) is 13.6. The summed E-state index contributed by atoms with van der Waals surface area (Å²) in [6.07, 6.45) is -1.92. The standard InChI is InChI=1S/C31H27ClF3NO5/c1-19(37)40-23-9-11-24-26(16-20-4-7-22(8-5-20)39-15-14-36-12-2-3-13-36)29(30(38)41-28(24)18-23)25-10-6-21(17-27(25)32)31(33,34)35/h4-11,17-18H,2-3,12-16H2,1H3. The summed E-state index contributed by atoms with van der Waals surface area (Å²) in [4.78, 5) is 27.1. The molecule has 2 heterocycles. The Kier molecular flexibility index (Phi) is 8.37. The minimum atomic E-state index is -4.59. The van der Waals surface area contributed by atoms with Crippen LogP contribution in [0.2, 0.25) is 5.02 Å². The van der Waals surface area contributed by atoms with Crippen molar-refractivity contribution in [3.8, 4) is 22.6 Å². The number of ether oxygens (including phenoxy) is 2. The fraction of sp³-hybridized carbons (Fsp3) is 0.290. The lowest BCUT2D eigenvalue weighted by molar-refractivity contribution is -0.137. The predicted molar refractivity (Wildman–Crippen MR) is 150 cm³/mol. The van der Waals surface area contributed by atoms with Gasteiger partial charge in [-0.2, -0.15) is 13.2 Å². The normalized spacial score (nSPS) is 14.0. The Bertz CT molecular complexity index is 1630. The summed E-state index contributed by atoms with van der Waals surface area (Å²) in [6, 6.07) is 14.9. The van der Waals surface area contributed by atoms with Crippen LogP contribution in [0.3, 0.4) is 0 Å². The number of hydrogen-bond donors (Lipinski definition) is 0. The average Bonchev–Trinajstić information content (AvgIpc) is 3.43. The van der Waals surface area contributed by atoms with Gasteiger partial charge in [-0.05, 0) is 79.9 Å². The zero-order chi connectivity index (χ0) is 29.1. The van der Waals surface area contributed by atoms with Gasteiger partial charge in [-0.3, -0.25) is 9.69 Å². The smallest absolute Gasteiger partial charge is 0.416 e. The molecule has 1 aliphatic heterocycles. The maximum Gasteiger partial charge on any atom is 0.416 e. The van der Waals surface area contributed by atoms with Crippen molar-refractivity contribution in [2.24, 2.45) is 0 Å². The van der Waals surface area contributed by atoms with E-state index in [0.29, 0.717) is 23.3 Å². The number of likely N-dealkylation sites (tertiary alicyclic amines) is 1. The number of esters is 1. The molecule has 1 aromatic heterocycles. The first kappa shape index (κ1) is 28.7. The van der Waals surface area contributed by atoms with Crippen molar-refractivity contribution in [1.82, 2.24) is 4.90 Å². The van der Waals surface area contributed by atoms with Crippen LogP contribution in [0.15, 0.2) is 69.9 Å². The van der Waals surface area contributed by atoms with Gasteiger partial charge in [0.15, 0.2) is 0 Å². The van der Waals surface area contributed by atoms with Crippen LogP contribution in [0.25, 0.3) is 22.1 Å². The molecule has 5 rings (SSSR count). The Labute approximate surface area is 239 Å². The second-order valence-corrected chi connectivity index (χ2v) is 10.3. The molecule has 0 spiro atoms. The van der Waals surface area contributed by atoms with E-state index in [4.69, 9.17) is 25.5 Å². The highest BCUT2D eigenvalue weighted by molar-refractivity contribution is 6.33. The van der Waals surface area contributed by atoms with E-state index in [1.165, 1.54) is 31.9 Å². The summed E-state index contributed by atoms with van der Waals surface area (Å²) in [6.45, 7) is 4.87. The predicted octanol–water partition coefficient (Wildman–Crippen LogP) is 7.12. The second-order valence-electron chi connectivity index (χ2n) is 9.91. The Hall–Kier alpha value is -3.82. The third kappa shape index (κ3) is 6.74. The number of nitrogens with zero attached hydrogens (tertiary/aromatic N) is 1. The van der Waals surface area contributed by atoms with Crippen molar-refractivity contribution >= 4 is 28.5 Å². The van der Waals surface area contributed by atoms with Crippen LogP contribution in [-0.4, -0.2) is 37.1 Å². The van der Waals surface area contributed by atoms with Gasteiger partial charge >= 0.3 is 17.8 Å². The Balaban J connectivity index is 1.51. The van der Waals surface area contributed by atoms with Gasteiger partial charge in [-0.15, -0.1) is 0 Å². The van der Waals surface area contributed by atoms with Crippen LogP contribution in [0.4, 0.5) is 13.2 Å². The van der Waals surface area contributed by atoms with E-state index >= 15 is 0 Å². The highest BCUT2D eigenvalue weighted by atomic mass is 35.5. The van der Waals surface area contributed by atoms with E-state index in [2.05, 4.69) is 4.90 Å². The molecule has 3 aromatic carbocycles. The van der Waals surface area contributed by atoms with Crippen molar-refractivity contribution < 1.29 is 31.9 Å². The maximum atomic E-state index is 13.3. The fourth-order valence-electron chi connectivity index (χ4n) is 5.03. The molecule has 0 radical (unpaired) electrons. The van der Waals surface area contributed by atoms with E-state index in [1.807, 2.05) is 24.3 Å². The Morgan fingerprint density at radius 2 is 1.71 bits per heavy atom. The molecule has 0 unspecified atom stereocenters. The summed E-state index contributed by atoms with van der Waals surface area (Å²) < 4.78 is 56.4. The van der Waals surface area contributed by atoms with Crippen molar-refractivity contribution in [1.29, 1.82) is 0 Å². The lowest BCUT2D eigenvalue weighted by Crippen LogP contribution is -2.25. The summed E-state index contributed by atoms with van der Waals surface area (Å²) in [5, 5.41) is 0.295. The first-order valence-electron chi connectivity index (χ1n) is 13.2. The number of carbonyl (C=O) groups is 1. The summed E-state index contributed by atoms with van der Waals surface area (Å²) in [5.41, 5.74) is -0.0245. The lowest BCUT2D eigenvalue weighted by atomic mass is 9.93. The third-order valence-corrected chi connectivity index (χ3v) is 7.31. The van der Waals surface area contributed by atoms with E-state index in [1.54, 1.807) is 12.1 Å². The van der Waals surface area contributed by atoms with E-state index in [-0.39, 0.29) is 33.9 Å². The number of hydrogen-bond acceptors (Lipinski definition) is 6. The van der Waals surface area contributed by atoms with Gasteiger partial charge in [-0.25, -0.2) is 4.79 Å². The number of alkyl halides is 3. The van der Waals surface area contributed by atoms with Crippen molar-refractivity contribution in [2.45, 2.75) is 32.4 Å². The number of halogens is 4. The van der Waals surface area contributed by atoms with Gasteiger partial charge in [0, 0.05) is 35.5 Å². The monoisotopic (exact) mass is 585 g/mol. The Morgan fingerprint density at radius 1 is 1.00 bits per heavy atom. The molecule has 0 atom stereocenters. The molecule has 6 nitrogen and oxygen atoms in total. The molecule has 0 N–H and O–H groups in total. The number of fused-ring (bicyclic) bond motifs is 1. The lowest BCUT2D eigenvalue weighted by Gasteiger charge is -2.16. The molecular weight excluding hydrogens is 559 g/mol. The van der Waals surface area contributed by atoms with Gasteiger partial charge < -0.3 is 13.9 Å². The fourth-order valence-corrected chi connectivity index (χ4v) is 5.31. The Morgan fingerprint density at radius 3 is 2.37 bits per heavy atom.